The summed E-state index contributed by atoms with van der Waals surface area (Å²) in [5.41, 5.74) is 5.02. The number of ether oxygens (including phenoxy) is 2. The molecule has 0 bridgehead atoms. The van der Waals surface area contributed by atoms with Crippen LogP contribution in [0.2, 0.25) is 0 Å². The number of hydrogen-bond donors (Lipinski definition) is 0. The van der Waals surface area contributed by atoms with Gasteiger partial charge in [-0.3, -0.25) is 0 Å². The Morgan fingerprint density at radius 2 is 1.44 bits per heavy atom. The molecule has 0 radical (unpaired) electrons. The standard InChI is InChI=1S/C23H30O2.C2H6/c1-5-22(4,25-17-23(6-2)15-24-16-23)21-13-11-20(12-14-21)19-9-7-18(3)8-10-19;1-2/h7-14H,5-6,15-17H2,1-4H3;1-2H3. The fourth-order valence-electron chi connectivity index (χ4n) is 3.24. The molecular weight excluding hydrogens is 332 g/mol. The van der Waals surface area contributed by atoms with Gasteiger partial charge in [0.15, 0.2) is 0 Å². The topological polar surface area (TPSA) is 18.5 Å². The summed E-state index contributed by atoms with van der Waals surface area (Å²) >= 11 is 0. The van der Waals surface area contributed by atoms with E-state index in [1.807, 2.05) is 13.8 Å². The smallest absolute Gasteiger partial charge is 0.0901 e. The summed E-state index contributed by atoms with van der Waals surface area (Å²) in [6.07, 6.45) is 2.07. The molecule has 1 unspecified atom stereocenters. The highest BCUT2D eigenvalue weighted by Gasteiger charge is 2.39. The second-order valence-electron chi connectivity index (χ2n) is 7.66. The van der Waals surface area contributed by atoms with Gasteiger partial charge in [-0.1, -0.05) is 81.8 Å². The average molecular weight is 369 g/mol. The van der Waals surface area contributed by atoms with Crippen LogP contribution in [0.1, 0.15) is 58.6 Å². The van der Waals surface area contributed by atoms with E-state index < -0.39 is 0 Å². The second-order valence-corrected chi connectivity index (χ2v) is 7.66. The van der Waals surface area contributed by atoms with Gasteiger partial charge >= 0.3 is 0 Å². The minimum Gasteiger partial charge on any atom is -0.380 e. The summed E-state index contributed by atoms with van der Waals surface area (Å²) in [4.78, 5) is 0. The van der Waals surface area contributed by atoms with Gasteiger partial charge in [-0.05, 0) is 43.4 Å². The van der Waals surface area contributed by atoms with Crippen LogP contribution in [0.3, 0.4) is 0 Å². The fourth-order valence-corrected chi connectivity index (χ4v) is 3.24. The van der Waals surface area contributed by atoms with Crippen molar-refractivity contribution in [1.29, 1.82) is 0 Å². The molecule has 148 valence electrons. The van der Waals surface area contributed by atoms with E-state index in [1.165, 1.54) is 22.3 Å². The van der Waals surface area contributed by atoms with Gasteiger partial charge < -0.3 is 9.47 Å². The molecule has 1 atom stereocenters. The number of benzene rings is 2. The molecule has 2 aromatic rings. The minimum atomic E-state index is -0.246. The predicted octanol–water partition coefficient (Wildman–Crippen LogP) is 6.76. The van der Waals surface area contributed by atoms with E-state index in [0.717, 1.165) is 32.7 Å². The monoisotopic (exact) mass is 368 g/mol. The Morgan fingerprint density at radius 1 is 0.926 bits per heavy atom. The van der Waals surface area contributed by atoms with E-state index in [0.29, 0.717) is 0 Å². The van der Waals surface area contributed by atoms with E-state index in [1.54, 1.807) is 0 Å². The van der Waals surface area contributed by atoms with Crippen LogP contribution < -0.4 is 0 Å². The first kappa shape index (κ1) is 21.7. The predicted molar refractivity (Wildman–Crippen MR) is 115 cm³/mol. The molecule has 1 saturated heterocycles. The van der Waals surface area contributed by atoms with Gasteiger partial charge in [0.25, 0.3) is 0 Å². The molecule has 1 aliphatic rings. The van der Waals surface area contributed by atoms with Crippen molar-refractivity contribution in [3.63, 3.8) is 0 Å². The molecule has 2 aromatic carbocycles. The molecule has 1 fully saturated rings. The van der Waals surface area contributed by atoms with Crippen LogP contribution in [0, 0.1) is 12.3 Å². The molecule has 0 spiro atoms. The maximum absolute atomic E-state index is 6.44. The quantitative estimate of drug-likeness (QED) is 0.538. The molecule has 0 aromatic heterocycles. The molecule has 0 aliphatic carbocycles. The Kier molecular flexibility index (Phi) is 7.64. The zero-order valence-electron chi connectivity index (χ0n) is 18.0. The lowest BCUT2D eigenvalue weighted by Crippen LogP contribution is -2.47. The highest BCUT2D eigenvalue weighted by Crippen LogP contribution is 2.37. The lowest BCUT2D eigenvalue weighted by molar-refractivity contribution is -0.180. The fraction of sp³-hybridized carbons (Fsp3) is 0.520. The largest absolute Gasteiger partial charge is 0.380 e. The molecule has 2 heteroatoms. The Bertz CT molecular complexity index is 678. The molecular formula is C25H36O2. The molecule has 0 N–H and O–H groups in total. The molecule has 0 saturated carbocycles. The van der Waals surface area contributed by atoms with E-state index >= 15 is 0 Å². The van der Waals surface area contributed by atoms with Gasteiger partial charge in [0.1, 0.15) is 0 Å². The maximum atomic E-state index is 6.44. The van der Waals surface area contributed by atoms with Crippen molar-refractivity contribution in [2.75, 3.05) is 19.8 Å². The Hall–Kier alpha value is -1.64. The van der Waals surface area contributed by atoms with Crippen molar-refractivity contribution in [2.24, 2.45) is 5.41 Å². The van der Waals surface area contributed by atoms with Crippen LogP contribution in [-0.2, 0) is 15.1 Å². The van der Waals surface area contributed by atoms with Crippen molar-refractivity contribution in [3.8, 4) is 11.1 Å². The van der Waals surface area contributed by atoms with Crippen molar-refractivity contribution >= 4 is 0 Å². The lowest BCUT2D eigenvalue weighted by atomic mass is 9.83. The zero-order valence-corrected chi connectivity index (χ0v) is 18.0. The van der Waals surface area contributed by atoms with Crippen LogP contribution in [-0.4, -0.2) is 19.8 Å². The average Bonchev–Trinajstić information content (AvgIpc) is 2.69. The second kappa shape index (κ2) is 9.52. The van der Waals surface area contributed by atoms with Crippen LogP contribution in [0.25, 0.3) is 11.1 Å². The number of rotatable bonds is 7. The zero-order chi connectivity index (χ0) is 19.9. The lowest BCUT2D eigenvalue weighted by Gasteiger charge is -2.43. The highest BCUT2D eigenvalue weighted by molar-refractivity contribution is 5.64. The number of hydrogen-bond acceptors (Lipinski definition) is 2. The maximum Gasteiger partial charge on any atom is 0.0901 e. The Morgan fingerprint density at radius 3 is 1.85 bits per heavy atom. The van der Waals surface area contributed by atoms with E-state index in [2.05, 4.69) is 76.2 Å². The summed E-state index contributed by atoms with van der Waals surface area (Å²) in [7, 11) is 0. The molecule has 27 heavy (non-hydrogen) atoms. The summed E-state index contributed by atoms with van der Waals surface area (Å²) in [6, 6.07) is 17.5. The summed E-state index contributed by atoms with van der Waals surface area (Å²) in [6.45, 7) is 15.2. The van der Waals surface area contributed by atoms with Gasteiger partial charge in [0.2, 0.25) is 0 Å². The minimum absolute atomic E-state index is 0.221. The Balaban J connectivity index is 0.00000126. The first-order valence-electron chi connectivity index (χ1n) is 10.4. The molecule has 1 heterocycles. The van der Waals surface area contributed by atoms with Gasteiger partial charge in [0, 0.05) is 5.41 Å². The van der Waals surface area contributed by atoms with Crippen LogP contribution >= 0.6 is 0 Å². The normalized spacial score (nSPS) is 17.3. The molecule has 0 amide bonds. The van der Waals surface area contributed by atoms with Crippen molar-refractivity contribution < 1.29 is 9.47 Å². The summed E-state index contributed by atoms with van der Waals surface area (Å²) in [5.74, 6) is 0. The van der Waals surface area contributed by atoms with Crippen LogP contribution in [0.4, 0.5) is 0 Å². The summed E-state index contributed by atoms with van der Waals surface area (Å²) in [5, 5.41) is 0. The van der Waals surface area contributed by atoms with E-state index in [9.17, 15) is 0 Å². The van der Waals surface area contributed by atoms with Crippen molar-refractivity contribution in [1.82, 2.24) is 0 Å². The third kappa shape index (κ3) is 5.00. The van der Waals surface area contributed by atoms with Gasteiger partial charge in [0.05, 0.1) is 25.4 Å². The third-order valence-electron chi connectivity index (χ3n) is 5.82. The molecule has 3 rings (SSSR count). The van der Waals surface area contributed by atoms with E-state index in [-0.39, 0.29) is 11.0 Å². The van der Waals surface area contributed by atoms with Crippen LogP contribution in [0.15, 0.2) is 48.5 Å². The SMILES string of the molecule is CC.CCC1(COC(C)(CC)c2ccc(-c3ccc(C)cc3)cc2)COC1. The number of aryl methyl sites for hydroxylation is 1. The van der Waals surface area contributed by atoms with Gasteiger partial charge in [-0.2, -0.15) is 0 Å². The third-order valence-corrected chi connectivity index (χ3v) is 5.82. The van der Waals surface area contributed by atoms with Gasteiger partial charge in [-0.15, -0.1) is 0 Å². The molecule has 1 aliphatic heterocycles. The van der Waals surface area contributed by atoms with E-state index in [4.69, 9.17) is 9.47 Å². The molecule has 2 nitrogen and oxygen atoms in total. The first-order chi connectivity index (χ1) is 13.0. The first-order valence-corrected chi connectivity index (χ1v) is 10.4. The Labute approximate surface area is 165 Å². The van der Waals surface area contributed by atoms with Gasteiger partial charge in [-0.25, -0.2) is 0 Å². The summed E-state index contributed by atoms with van der Waals surface area (Å²) < 4.78 is 11.9. The van der Waals surface area contributed by atoms with Crippen molar-refractivity contribution in [3.05, 3.63) is 59.7 Å². The highest BCUT2D eigenvalue weighted by atomic mass is 16.5. The van der Waals surface area contributed by atoms with Crippen molar-refractivity contribution in [2.45, 2.75) is 60.0 Å². The van der Waals surface area contributed by atoms with Crippen LogP contribution in [0.5, 0.6) is 0 Å².